The molecule has 0 spiro atoms. The van der Waals surface area contributed by atoms with E-state index in [4.69, 9.17) is 0 Å². The van der Waals surface area contributed by atoms with Gasteiger partial charge in [-0.1, -0.05) is 35.9 Å². The Bertz CT molecular complexity index is 1860. The summed E-state index contributed by atoms with van der Waals surface area (Å²) in [4.78, 5) is 53.4. The highest BCUT2D eigenvalue weighted by Gasteiger charge is 2.38. The molecule has 0 saturated heterocycles. The molecule has 41 heavy (non-hydrogen) atoms. The first-order valence-electron chi connectivity index (χ1n) is 12.7. The molecule has 0 radical (unpaired) electrons. The maximum Gasteiger partial charge on any atom is 0.417 e. The standard InChI is InChI=1S/C32H21F3N2O4/c1-16-4-8-22(27(12-16)32(33,34)35)21-11-7-20(13-17(21)2)37-30(40)24-10-6-19(15-26(24)31(37)41)18-5-9-23-25(14-18)29(39)36(3)28(23)38/h4-15H,1-3H3. The van der Waals surface area contributed by atoms with Gasteiger partial charge >= 0.3 is 6.18 Å². The molecule has 6 rings (SSSR count). The molecule has 0 unspecified atom stereocenters. The highest BCUT2D eigenvalue weighted by molar-refractivity contribution is 6.34. The average Bonchev–Trinajstić information content (AvgIpc) is 3.31. The summed E-state index contributed by atoms with van der Waals surface area (Å²) in [6.07, 6.45) is -4.55. The predicted octanol–water partition coefficient (Wildman–Crippen LogP) is 6.68. The molecule has 2 heterocycles. The number of nitrogens with zero attached hydrogens (tertiary/aromatic N) is 2. The first kappa shape index (κ1) is 26.2. The number of hydrogen-bond donors (Lipinski definition) is 0. The largest absolute Gasteiger partial charge is 0.417 e. The van der Waals surface area contributed by atoms with Crippen LogP contribution in [0.15, 0.2) is 72.8 Å². The number of carbonyl (C=O) groups is 4. The molecule has 0 fully saturated rings. The molecule has 2 aliphatic rings. The number of imide groups is 2. The fourth-order valence-corrected chi connectivity index (χ4v) is 5.41. The van der Waals surface area contributed by atoms with Gasteiger partial charge in [-0.25, -0.2) is 4.90 Å². The molecule has 9 heteroatoms. The number of rotatable bonds is 3. The fraction of sp³-hybridized carbons (Fsp3) is 0.125. The van der Waals surface area contributed by atoms with Gasteiger partial charge < -0.3 is 0 Å². The van der Waals surface area contributed by atoms with E-state index in [1.807, 2.05) is 0 Å². The van der Waals surface area contributed by atoms with E-state index >= 15 is 0 Å². The van der Waals surface area contributed by atoms with Crippen molar-refractivity contribution in [3.63, 3.8) is 0 Å². The van der Waals surface area contributed by atoms with Gasteiger partial charge in [0.1, 0.15) is 0 Å². The van der Waals surface area contributed by atoms with Crippen LogP contribution < -0.4 is 4.90 Å². The molecular formula is C32H21F3N2O4. The van der Waals surface area contributed by atoms with Crippen LogP contribution in [0.25, 0.3) is 22.3 Å². The van der Waals surface area contributed by atoms with Crippen LogP contribution in [0.3, 0.4) is 0 Å². The molecule has 0 aliphatic carbocycles. The third-order valence-electron chi connectivity index (χ3n) is 7.55. The zero-order chi connectivity index (χ0) is 29.4. The lowest BCUT2D eigenvalue weighted by Gasteiger charge is -2.19. The second-order valence-electron chi connectivity index (χ2n) is 10.2. The number of aryl methyl sites for hydroxylation is 2. The first-order valence-corrected chi connectivity index (χ1v) is 12.7. The Balaban J connectivity index is 1.35. The van der Waals surface area contributed by atoms with Crippen LogP contribution >= 0.6 is 0 Å². The Kier molecular flexibility index (Phi) is 5.74. The van der Waals surface area contributed by atoms with E-state index in [2.05, 4.69) is 0 Å². The molecule has 6 nitrogen and oxygen atoms in total. The van der Waals surface area contributed by atoms with E-state index in [9.17, 15) is 32.3 Å². The highest BCUT2D eigenvalue weighted by atomic mass is 19.4. The second kappa shape index (κ2) is 8.99. The lowest BCUT2D eigenvalue weighted by Crippen LogP contribution is -2.29. The molecule has 0 bridgehead atoms. The summed E-state index contributed by atoms with van der Waals surface area (Å²) in [6, 6.07) is 18.2. The van der Waals surface area contributed by atoms with Crippen LogP contribution in [-0.2, 0) is 6.18 Å². The van der Waals surface area contributed by atoms with Crippen molar-refractivity contribution in [2.45, 2.75) is 20.0 Å². The third-order valence-corrected chi connectivity index (χ3v) is 7.55. The number of alkyl halides is 3. The number of carbonyl (C=O) groups excluding carboxylic acids is 4. The molecule has 0 saturated carbocycles. The number of anilines is 1. The molecule has 0 aromatic heterocycles. The lowest BCUT2D eigenvalue weighted by atomic mass is 9.94. The summed E-state index contributed by atoms with van der Waals surface area (Å²) < 4.78 is 41.3. The zero-order valence-electron chi connectivity index (χ0n) is 22.1. The molecule has 4 aromatic rings. The third kappa shape index (κ3) is 4.04. The average molecular weight is 555 g/mol. The second-order valence-corrected chi connectivity index (χ2v) is 10.2. The van der Waals surface area contributed by atoms with E-state index in [-0.39, 0.29) is 33.8 Å². The van der Waals surface area contributed by atoms with Crippen LogP contribution in [0.5, 0.6) is 0 Å². The maximum atomic E-state index is 13.8. The van der Waals surface area contributed by atoms with Gasteiger partial charge in [-0.15, -0.1) is 0 Å². The number of hydrogen-bond acceptors (Lipinski definition) is 4. The van der Waals surface area contributed by atoms with Crippen LogP contribution in [0.1, 0.15) is 58.1 Å². The van der Waals surface area contributed by atoms with Crippen LogP contribution in [0, 0.1) is 13.8 Å². The Hall–Kier alpha value is -5.05. The van der Waals surface area contributed by atoms with Gasteiger partial charge in [0, 0.05) is 7.05 Å². The molecule has 204 valence electrons. The molecule has 0 N–H and O–H groups in total. The summed E-state index contributed by atoms with van der Waals surface area (Å²) in [7, 11) is 1.41. The normalized spacial score (nSPS) is 14.7. The Morgan fingerprint density at radius 1 is 0.561 bits per heavy atom. The molecule has 4 aromatic carbocycles. The molecule has 2 aliphatic heterocycles. The first-order chi connectivity index (χ1) is 19.4. The van der Waals surface area contributed by atoms with Crippen LogP contribution in [0.2, 0.25) is 0 Å². The van der Waals surface area contributed by atoms with Crippen molar-refractivity contribution in [2.24, 2.45) is 0 Å². The smallest absolute Gasteiger partial charge is 0.277 e. The topological polar surface area (TPSA) is 74.8 Å². The van der Waals surface area contributed by atoms with Crippen molar-refractivity contribution in [3.05, 3.63) is 112 Å². The minimum atomic E-state index is -4.55. The van der Waals surface area contributed by atoms with Gasteiger partial charge in [0.2, 0.25) is 0 Å². The van der Waals surface area contributed by atoms with Crippen molar-refractivity contribution in [1.29, 1.82) is 0 Å². The van der Waals surface area contributed by atoms with Gasteiger partial charge in [-0.3, -0.25) is 24.1 Å². The van der Waals surface area contributed by atoms with Crippen molar-refractivity contribution in [3.8, 4) is 22.3 Å². The van der Waals surface area contributed by atoms with E-state index < -0.39 is 29.5 Å². The maximum absolute atomic E-state index is 13.8. The lowest BCUT2D eigenvalue weighted by molar-refractivity contribution is -0.137. The monoisotopic (exact) mass is 554 g/mol. The number of fused-ring (bicyclic) bond motifs is 2. The summed E-state index contributed by atoms with van der Waals surface area (Å²) in [5.41, 5.74) is 2.87. The fourth-order valence-electron chi connectivity index (χ4n) is 5.41. The van der Waals surface area contributed by atoms with Gasteiger partial charge in [-0.2, -0.15) is 13.2 Å². The van der Waals surface area contributed by atoms with Gasteiger partial charge in [0.15, 0.2) is 0 Å². The van der Waals surface area contributed by atoms with Gasteiger partial charge in [-0.05, 0) is 84.1 Å². The quantitative estimate of drug-likeness (QED) is 0.265. The summed E-state index contributed by atoms with van der Waals surface area (Å²) in [5, 5.41) is 0. The van der Waals surface area contributed by atoms with Gasteiger partial charge in [0.05, 0.1) is 33.5 Å². The Labute approximate surface area is 232 Å². The SMILES string of the molecule is Cc1ccc(-c2ccc(N3C(=O)c4ccc(-c5ccc6c(c5)C(=O)N(C)C6=O)cc4C3=O)cc2C)c(C(F)(F)F)c1. The molecule has 0 atom stereocenters. The zero-order valence-corrected chi connectivity index (χ0v) is 22.1. The van der Waals surface area contributed by atoms with E-state index in [1.165, 1.54) is 37.4 Å². The Morgan fingerprint density at radius 3 is 1.68 bits per heavy atom. The van der Waals surface area contributed by atoms with Gasteiger partial charge in [0.25, 0.3) is 23.6 Å². The van der Waals surface area contributed by atoms with Crippen LogP contribution in [0.4, 0.5) is 18.9 Å². The summed E-state index contributed by atoms with van der Waals surface area (Å²) in [5.74, 6) is -1.93. The minimum Gasteiger partial charge on any atom is -0.277 e. The van der Waals surface area contributed by atoms with E-state index in [0.29, 0.717) is 33.4 Å². The summed E-state index contributed by atoms with van der Waals surface area (Å²) in [6.45, 7) is 3.22. The molecule has 4 amide bonds. The number of benzene rings is 4. The Morgan fingerprint density at radius 2 is 1.07 bits per heavy atom. The van der Waals surface area contributed by atoms with E-state index in [0.717, 1.165) is 15.9 Å². The summed E-state index contributed by atoms with van der Waals surface area (Å²) >= 11 is 0. The van der Waals surface area contributed by atoms with E-state index in [1.54, 1.807) is 50.2 Å². The van der Waals surface area contributed by atoms with Crippen molar-refractivity contribution >= 4 is 29.3 Å². The van der Waals surface area contributed by atoms with Crippen molar-refractivity contribution in [1.82, 2.24) is 4.90 Å². The predicted molar refractivity (Wildman–Crippen MR) is 146 cm³/mol. The van der Waals surface area contributed by atoms with Crippen molar-refractivity contribution < 1.29 is 32.3 Å². The highest BCUT2D eigenvalue weighted by Crippen LogP contribution is 2.40. The molecular weight excluding hydrogens is 533 g/mol. The number of halogens is 3. The minimum absolute atomic E-state index is 0.0138. The van der Waals surface area contributed by atoms with Crippen LogP contribution in [-0.4, -0.2) is 35.6 Å². The van der Waals surface area contributed by atoms with Crippen molar-refractivity contribution in [2.75, 3.05) is 11.9 Å². The number of amides is 4.